The van der Waals surface area contributed by atoms with Gasteiger partial charge in [-0.1, -0.05) is 32.7 Å². The molecule has 0 N–H and O–H groups in total. The fourth-order valence-corrected chi connectivity index (χ4v) is 18.4. The molecule has 5 aromatic heterocycles. The number of pyridine rings is 2. The van der Waals surface area contributed by atoms with Crippen LogP contribution in [0.15, 0.2) is 81.0 Å². The lowest BCUT2D eigenvalue weighted by Gasteiger charge is -2.42. The summed E-state index contributed by atoms with van der Waals surface area (Å²) in [7, 11) is 6.07. The van der Waals surface area contributed by atoms with E-state index in [4.69, 9.17) is 29.2 Å². The molecule has 0 bridgehead atoms. The minimum absolute atomic E-state index is 0.00756. The van der Waals surface area contributed by atoms with Gasteiger partial charge in [0.1, 0.15) is 59.8 Å². The van der Waals surface area contributed by atoms with E-state index >= 15 is 0 Å². The molecule has 0 spiro atoms. The monoisotopic (exact) mass is 1780 g/mol. The van der Waals surface area contributed by atoms with Crippen molar-refractivity contribution in [3.63, 3.8) is 0 Å². The van der Waals surface area contributed by atoms with E-state index in [-0.39, 0.29) is 136 Å². The molecule has 6 fully saturated rings. The van der Waals surface area contributed by atoms with Crippen LogP contribution in [-0.2, 0) is 71.8 Å². The highest BCUT2D eigenvalue weighted by Gasteiger charge is 2.46. The minimum Gasteiger partial charge on any atom is -0.462 e. The first-order valence-electron chi connectivity index (χ1n) is 42.1. The van der Waals surface area contributed by atoms with Crippen molar-refractivity contribution >= 4 is 52.2 Å². The van der Waals surface area contributed by atoms with Gasteiger partial charge in [-0.2, -0.15) is 85.2 Å². The third kappa shape index (κ3) is 21.2. The highest BCUT2D eigenvalue weighted by atomic mass is 19.4. The molecule has 6 aromatic rings. The minimum atomic E-state index is -4.91. The Balaban J connectivity index is 0.000000163. The first-order chi connectivity index (χ1) is 60.7. The lowest BCUT2D eigenvalue weighted by Crippen LogP contribution is -2.55. The SMILES string of the molecule is C=CC(=O)N1CCN(c2nc(OC[C@@H]3CCCN3C)nc3c2CCN(c2cncc(F)c2C(F)(F)F)C3)C[C@@H]1CC#N.C=CC(=O)N1CCN(c2nc(OC[C@@H]3C[C@@H](C)CN3C)nc3c2CCN(c2cncc(F)c2C(F)(F)F)C3)C[C@@H]1CC#N.C=CC(=O)N1CCN(c2nc(OC[C@H]3CCCN3C)nc3c2CCN(c2cccc(F)c2C(F)(F)F)C3)C[C@@H]1CC#N. The zero-order valence-electron chi connectivity index (χ0n) is 70.8. The van der Waals surface area contributed by atoms with Crippen LogP contribution < -0.4 is 43.6 Å². The van der Waals surface area contributed by atoms with Crippen LogP contribution >= 0.6 is 0 Å². The largest absolute Gasteiger partial charge is 0.462 e. The third-order valence-corrected chi connectivity index (χ3v) is 24.8. The third-order valence-electron chi connectivity index (χ3n) is 24.8. The zero-order chi connectivity index (χ0) is 90.9. The van der Waals surface area contributed by atoms with E-state index in [9.17, 15) is 82.9 Å². The molecule has 29 nitrogen and oxygen atoms in total. The predicted molar refractivity (Wildman–Crippen MR) is 443 cm³/mol. The highest BCUT2D eigenvalue weighted by molar-refractivity contribution is 5.89. The van der Waals surface area contributed by atoms with Gasteiger partial charge in [0.15, 0.2) is 11.6 Å². The molecule has 9 aliphatic heterocycles. The highest BCUT2D eigenvalue weighted by Crippen LogP contribution is 2.45. The van der Waals surface area contributed by atoms with Gasteiger partial charge in [-0.05, 0) is 122 Å². The summed E-state index contributed by atoms with van der Waals surface area (Å²) in [6.45, 7) is 20.5. The Morgan fingerprint density at radius 3 is 1.09 bits per heavy atom. The number of amides is 3. The van der Waals surface area contributed by atoms with Crippen molar-refractivity contribution < 1.29 is 81.3 Å². The van der Waals surface area contributed by atoms with Crippen LogP contribution in [0.4, 0.5) is 87.2 Å². The van der Waals surface area contributed by atoms with E-state index in [1.54, 1.807) is 14.7 Å². The maximum absolute atomic E-state index is 14.4. The van der Waals surface area contributed by atoms with Gasteiger partial charge in [-0.15, -0.1) is 0 Å². The average Bonchev–Trinajstić information content (AvgIpc) is 1.69. The van der Waals surface area contributed by atoms with Gasteiger partial charge in [-0.25, -0.2) is 13.2 Å². The molecular weight excluding hydrogens is 1680 g/mol. The second-order valence-electron chi connectivity index (χ2n) is 33.0. The Bertz CT molecular complexity index is 4960. The topological polar surface area (TPSA) is 292 Å². The number of likely N-dealkylation sites (tertiary alicyclic amines) is 3. The molecule has 9 aliphatic rings. The van der Waals surface area contributed by atoms with Crippen LogP contribution in [0.2, 0.25) is 0 Å². The molecule has 41 heteroatoms. The number of carbonyl (C=O) groups excluding carboxylic acids is 3. The number of hydrogen-bond donors (Lipinski definition) is 0. The summed E-state index contributed by atoms with van der Waals surface area (Å²) in [5, 5.41) is 28.3. The van der Waals surface area contributed by atoms with Gasteiger partial charge in [0.25, 0.3) is 0 Å². The number of nitrogens with zero attached hydrogens (tertiary/aromatic N) is 23. The van der Waals surface area contributed by atoms with Gasteiger partial charge in [0, 0.05) is 120 Å². The van der Waals surface area contributed by atoms with Crippen molar-refractivity contribution in [2.75, 3.05) is 169 Å². The normalized spacial score (nSPS) is 21.7. The Kier molecular flexibility index (Phi) is 29.2. The molecular formula is C86H99F12N23O6. The summed E-state index contributed by atoms with van der Waals surface area (Å²) in [5.74, 6) is -2.74. The predicted octanol–water partition coefficient (Wildman–Crippen LogP) is 10.4. The molecule has 1 aromatic carbocycles. The lowest BCUT2D eigenvalue weighted by atomic mass is 10.0. The maximum atomic E-state index is 14.4. The van der Waals surface area contributed by atoms with Gasteiger partial charge < -0.3 is 68.1 Å². The molecule has 127 heavy (non-hydrogen) atoms. The van der Waals surface area contributed by atoms with Crippen LogP contribution in [0.1, 0.15) is 109 Å². The molecule has 7 atom stereocenters. The van der Waals surface area contributed by atoms with Crippen molar-refractivity contribution in [3.05, 3.63) is 149 Å². The number of nitriles is 3. The van der Waals surface area contributed by atoms with E-state index in [1.165, 1.54) is 45.1 Å². The number of rotatable bonds is 21. The molecule has 6 saturated heterocycles. The number of anilines is 6. The lowest BCUT2D eigenvalue weighted by molar-refractivity contribution is -0.140. The van der Waals surface area contributed by atoms with E-state index in [0.717, 1.165) is 86.9 Å². The van der Waals surface area contributed by atoms with Gasteiger partial charge in [0.05, 0.1) is 134 Å². The number of fused-ring (bicyclic) bond motifs is 3. The van der Waals surface area contributed by atoms with Crippen LogP contribution in [0.3, 0.4) is 0 Å². The number of hydrogen-bond acceptors (Lipinski definition) is 26. The number of halogens is 12. The average molecular weight is 1780 g/mol. The van der Waals surface area contributed by atoms with E-state index < -0.39 is 70.8 Å². The van der Waals surface area contributed by atoms with E-state index in [2.05, 4.69) is 84.5 Å². The van der Waals surface area contributed by atoms with Gasteiger partial charge in [-0.3, -0.25) is 29.3 Å². The van der Waals surface area contributed by atoms with Crippen molar-refractivity contribution in [2.45, 2.75) is 152 Å². The molecule has 0 aliphatic carbocycles. The molecule has 0 unspecified atom stereocenters. The molecule has 3 amide bonds. The number of aromatic nitrogens is 8. The number of ether oxygens (including phenoxy) is 3. The van der Waals surface area contributed by atoms with Crippen LogP contribution in [0, 0.1) is 57.4 Å². The molecule has 15 rings (SSSR count). The van der Waals surface area contributed by atoms with Crippen LogP contribution in [0.25, 0.3) is 0 Å². The standard InChI is InChI=1S/C29H34F4N8O2.C29H33F4N7O2.C28H32F4N8O2/c1-4-25(42)41-10-9-40(15-19(41)5-7-34)27-21-6-8-39(24-13-35-12-22(30)26(24)29(31,32)33)16-23(21)36-28(37-27)43-17-20-11-18(2)14-38(20)3;1-3-25(41)40-15-14-39(16-19(40)9-11-34)27-21-10-13-38(24-8-4-7-22(30)26(24)29(31,32)33)17-23(21)35-28(36-27)42-18-20-6-5-12-37(20)2;1-3-24(41)40-12-11-39(15-18(40)6-8-33)26-20-7-10-38(23-14-34-13-21(29)25(23)28(30,31)32)16-22(20)35-27(36-26)42-17-19-5-4-9-37(19)2/h4,12-13,18-20H,1,5-6,8-11,14-17H2,2-3H3;3-4,7-8,19-20H,1,5-6,9-10,12-18H2,2H3;3,13-14,18-19H,1,4-7,9-12,15-17H2,2H3/t18-,19+,20+;19-,20+;18-,19-/m100/s1. The summed E-state index contributed by atoms with van der Waals surface area (Å²) < 4.78 is 186. The fraction of sp³-hybridized carbons (Fsp3) is 0.535. The Labute approximate surface area is 727 Å². The van der Waals surface area contributed by atoms with Gasteiger partial charge in [0.2, 0.25) is 17.7 Å². The van der Waals surface area contributed by atoms with Crippen molar-refractivity contribution in [1.82, 2.24) is 69.3 Å². The summed E-state index contributed by atoms with van der Waals surface area (Å²) in [6, 6.07) is 9.45. The summed E-state index contributed by atoms with van der Waals surface area (Å²) in [5.41, 5.74) is -1.28. The molecule has 0 radical (unpaired) electrons. The first-order valence-corrected chi connectivity index (χ1v) is 42.1. The number of benzene rings is 1. The smallest absolute Gasteiger partial charge is 0.421 e. The molecule has 678 valence electrons. The van der Waals surface area contributed by atoms with E-state index in [1.807, 2.05) is 35.8 Å². The Hall–Kier alpha value is -11.9. The van der Waals surface area contributed by atoms with E-state index in [0.29, 0.717) is 144 Å². The molecule has 0 saturated carbocycles. The second-order valence-corrected chi connectivity index (χ2v) is 33.0. The zero-order valence-corrected chi connectivity index (χ0v) is 70.8. The number of carbonyl (C=O) groups is 3. The molecule has 14 heterocycles. The summed E-state index contributed by atoms with van der Waals surface area (Å²) in [6.07, 6.45) is -1.60. The van der Waals surface area contributed by atoms with Crippen molar-refractivity contribution in [1.29, 1.82) is 15.8 Å². The van der Waals surface area contributed by atoms with Crippen molar-refractivity contribution in [2.24, 2.45) is 5.92 Å². The number of piperazine rings is 3. The van der Waals surface area contributed by atoms with Crippen LogP contribution in [-0.4, -0.2) is 262 Å². The quantitative estimate of drug-likeness (QED) is 0.0478. The van der Waals surface area contributed by atoms with Crippen molar-refractivity contribution in [3.8, 4) is 36.2 Å². The number of likely N-dealkylation sites (N-methyl/N-ethyl adjacent to an activating group) is 3. The van der Waals surface area contributed by atoms with Crippen LogP contribution in [0.5, 0.6) is 18.0 Å². The Morgan fingerprint density at radius 1 is 0.433 bits per heavy atom. The number of alkyl halides is 9. The van der Waals surface area contributed by atoms with Gasteiger partial charge >= 0.3 is 36.6 Å². The second kappa shape index (κ2) is 40.0. The summed E-state index contributed by atoms with van der Waals surface area (Å²) >= 11 is 0. The Morgan fingerprint density at radius 2 is 0.780 bits per heavy atom. The fourth-order valence-electron chi connectivity index (χ4n) is 18.4. The first kappa shape index (κ1) is 92.8. The maximum Gasteiger partial charge on any atom is 0.421 e. The summed E-state index contributed by atoms with van der Waals surface area (Å²) in [4.78, 5) is 94.5.